The fraction of sp³-hybridized carbons (Fsp3) is 0.200. The topological polar surface area (TPSA) is 156 Å². The van der Waals surface area contributed by atoms with Crippen LogP contribution in [0.4, 0.5) is 35.0 Å². The number of aliphatic hydroxyl groups excluding tert-OH is 1. The van der Waals surface area contributed by atoms with Crippen LogP contribution in [0.5, 0.6) is 0 Å². The van der Waals surface area contributed by atoms with Gasteiger partial charge in [0.05, 0.1) is 5.56 Å². The monoisotopic (exact) mass is 619 g/mol. The molecule has 39 heavy (non-hydrogen) atoms. The van der Waals surface area contributed by atoms with Crippen molar-refractivity contribution in [2.45, 2.75) is 24.2 Å². The number of rotatable bonds is 7. The summed E-state index contributed by atoms with van der Waals surface area (Å²) in [5.41, 5.74) is 12.7. The average molecular weight is 619 g/mol. The second-order valence-electron chi connectivity index (χ2n) is 9.08. The Labute approximate surface area is 231 Å². The standard InChI is InChI=1S/C25H23AsF3N6O3S/c1-24(2,11-36)26-22-34-18(16-17(30)19(20(31)37)39-21(16)35-22)12-4-3-5-15(10-12)33-23(38)32-14-8-6-13(7-9-14)25(27,28)29/h3-10,36H,11,30H2,1-2H3,(H2,31,37)(H2,32,33,38). The number of hydrogen-bond acceptors (Lipinski definition) is 7. The molecule has 1 radical (unpaired) electrons. The third kappa shape index (κ3) is 6.49. The molecular weight excluding hydrogens is 596 g/mol. The predicted molar refractivity (Wildman–Crippen MR) is 146 cm³/mol. The Balaban J connectivity index is 1.66. The Hall–Kier alpha value is -3.67. The van der Waals surface area contributed by atoms with Gasteiger partial charge in [0, 0.05) is 0 Å². The number of amides is 3. The number of primary amides is 1. The van der Waals surface area contributed by atoms with E-state index in [0.29, 0.717) is 31.8 Å². The Morgan fingerprint density at radius 2 is 1.72 bits per heavy atom. The van der Waals surface area contributed by atoms with Gasteiger partial charge >= 0.3 is 213 Å². The number of benzene rings is 2. The molecule has 0 fully saturated rings. The third-order valence-corrected chi connectivity index (χ3v) is 8.97. The Morgan fingerprint density at radius 3 is 2.33 bits per heavy atom. The van der Waals surface area contributed by atoms with Crippen LogP contribution in [0.2, 0.25) is 4.20 Å². The molecule has 3 amide bonds. The number of thiophene rings is 1. The van der Waals surface area contributed by atoms with Gasteiger partial charge < -0.3 is 0 Å². The Bertz CT molecular complexity index is 1560. The number of anilines is 3. The summed E-state index contributed by atoms with van der Waals surface area (Å²) < 4.78 is 38.5. The number of nitrogens with two attached hydrogens (primary N) is 2. The minimum atomic E-state index is -4.48. The second-order valence-corrected chi connectivity index (χ2v) is 13.9. The maximum atomic E-state index is 12.8. The zero-order valence-electron chi connectivity index (χ0n) is 20.6. The van der Waals surface area contributed by atoms with E-state index in [-0.39, 0.29) is 22.9 Å². The van der Waals surface area contributed by atoms with Gasteiger partial charge in [-0.2, -0.15) is 13.2 Å². The van der Waals surface area contributed by atoms with Crippen LogP contribution < -0.4 is 26.7 Å². The molecule has 4 aromatic rings. The number of halogens is 3. The number of fused-ring (bicyclic) bond motifs is 1. The van der Waals surface area contributed by atoms with Crippen LogP contribution in [0.15, 0.2) is 48.5 Å². The molecule has 0 saturated heterocycles. The van der Waals surface area contributed by atoms with Gasteiger partial charge in [-0.25, -0.2) is 0 Å². The van der Waals surface area contributed by atoms with Gasteiger partial charge in [-0.15, -0.1) is 0 Å². The van der Waals surface area contributed by atoms with Crippen LogP contribution in [0.25, 0.3) is 21.5 Å². The zero-order valence-corrected chi connectivity index (χ0v) is 23.3. The average Bonchev–Trinajstić information content (AvgIpc) is 3.19. The summed E-state index contributed by atoms with van der Waals surface area (Å²) in [7, 11) is 0. The second kappa shape index (κ2) is 10.8. The summed E-state index contributed by atoms with van der Waals surface area (Å²) in [6, 6.07) is 10.1. The predicted octanol–water partition coefficient (Wildman–Crippen LogP) is 4.22. The fourth-order valence-electron chi connectivity index (χ4n) is 3.54. The molecule has 14 heteroatoms. The first kappa shape index (κ1) is 28.3. The van der Waals surface area contributed by atoms with E-state index in [9.17, 15) is 27.9 Å². The molecule has 0 aliphatic rings. The first-order valence-corrected chi connectivity index (χ1v) is 14.1. The normalized spacial score (nSPS) is 12.3. The number of aromatic nitrogens is 2. The van der Waals surface area contributed by atoms with Crippen molar-refractivity contribution in [3.8, 4) is 11.3 Å². The molecule has 0 aliphatic carbocycles. The molecule has 7 N–H and O–H groups in total. The van der Waals surface area contributed by atoms with Gasteiger partial charge in [0.15, 0.2) is 0 Å². The van der Waals surface area contributed by atoms with E-state index in [1.807, 2.05) is 13.8 Å². The molecule has 2 aromatic heterocycles. The summed E-state index contributed by atoms with van der Waals surface area (Å²) >= 11 is 0.381. The van der Waals surface area contributed by atoms with Crippen molar-refractivity contribution in [3.63, 3.8) is 0 Å². The van der Waals surface area contributed by atoms with Crippen LogP contribution >= 0.6 is 11.3 Å². The first-order chi connectivity index (χ1) is 18.3. The summed E-state index contributed by atoms with van der Waals surface area (Å²) in [4.78, 5) is 34.5. The number of nitrogens with one attached hydrogen (secondary N) is 2. The summed E-state index contributed by atoms with van der Waals surface area (Å²) in [6.45, 7) is 3.74. The number of urea groups is 1. The molecule has 4 rings (SSSR count). The Morgan fingerprint density at radius 1 is 1.05 bits per heavy atom. The number of carbonyl (C=O) groups excluding carboxylic acids is 2. The molecule has 0 saturated carbocycles. The molecule has 0 bridgehead atoms. The first-order valence-electron chi connectivity index (χ1n) is 11.4. The van der Waals surface area contributed by atoms with Crippen LogP contribution in [-0.4, -0.2) is 49.4 Å². The van der Waals surface area contributed by atoms with Crippen LogP contribution in [-0.2, 0) is 6.18 Å². The van der Waals surface area contributed by atoms with Crippen molar-refractivity contribution in [1.82, 2.24) is 9.97 Å². The number of alkyl halides is 3. The number of hydrogen-bond donors (Lipinski definition) is 5. The van der Waals surface area contributed by atoms with Crippen LogP contribution in [0.3, 0.4) is 0 Å². The quantitative estimate of drug-likeness (QED) is 0.195. The van der Waals surface area contributed by atoms with E-state index in [0.717, 1.165) is 35.6 Å². The van der Waals surface area contributed by atoms with Crippen molar-refractivity contribution < 1.29 is 27.9 Å². The SMILES string of the molecule is CC(C)(CO)[As]c1nc(-c2cccc(NC(=O)Nc3ccc(C(F)(F)F)cc3)c2)c2c(N)c(C(N)=O)sc2n1. The van der Waals surface area contributed by atoms with Crippen LogP contribution in [0.1, 0.15) is 29.1 Å². The van der Waals surface area contributed by atoms with Gasteiger partial charge in [-0.3, -0.25) is 0 Å². The van der Waals surface area contributed by atoms with Gasteiger partial charge in [0.25, 0.3) is 0 Å². The van der Waals surface area contributed by atoms with Crippen molar-refractivity contribution in [2.75, 3.05) is 23.0 Å². The molecule has 2 heterocycles. The molecule has 0 spiro atoms. The number of nitrogens with zero attached hydrogens (tertiary/aromatic N) is 2. The molecular formula is C25H23AsF3N6O3S. The maximum absolute atomic E-state index is 12.8. The van der Waals surface area contributed by atoms with Gasteiger partial charge in [0.1, 0.15) is 0 Å². The number of nitrogen functional groups attached to an aromatic ring is 1. The van der Waals surface area contributed by atoms with Crippen molar-refractivity contribution in [3.05, 3.63) is 59.0 Å². The van der Waals surface area contributed by atoms with Crippen molar-refractivity contribution in [1.29, 1.82) is 0 Å². The fourth-order valence-corrected chi connectivity index (χ4v) is 6.55. The molecule has 203 valence electrons. The van der Waals surface area contributed by atoms with Crippen molar-refractivity contribution in [2.24, 2.45) is 5.73 Å². The van der Waals surface area contributed by atoms with Gasteiger partial charge in [-0.05, 0) is 0 Å². The molecule has 0 atom stereocenters. The van der Waals surface area contributed by atoms with E-state index < -0.39 is 43.6 Å². The number of carbonyl (C=O) groups is 2. The zero-order chi connectivity index (χ0) is 28.5. The van der Waals surface area contributed by atoms with Crippen LogP contribution in [0, 0.1) is 0 Å². The summed E-state index contributed by atoms with van der Waals surface area (Å²) in [5, 5.41) is 15.3. The van der Waals surface area contributed by atoms with E-state index in [1.165, 1.54) is 0 Å². The van der Waals surface area contributed by atoms with E-state index in [1.54, 1.807) is 24.3 Å². The summed E-state index contributed by atoms with van der Waals surface area (Å²) in [6.07, 6.45) is -4.48. The molecule has 9 nitrogen and oxygen atoms in total. The Kier molecular flexibility index (Phi) is 7.87. The number of aliphatic hydroxyl groups is 1. The van der Waals surface area contributed by atoms with Gasteiger partial charge in [0.2, 0.25) is 0 Å². The third-order valence-electron chi connectivity index (χ3n) is 5.45. The molecule has 0 unspecified atom stereocenters. The molecule has 0 aliphatic heterocycles. The van der Waals surface area contributed by atoms with Crippen molar-refractivity contribution >= 4 is 70.9 Å². The van der Waals surface area contributed by atoms with Gasteiger partial charge in [-0.1, -0.05) is 0 Å². The molecule has 2 aromatic carbocycles. The van der Waals surface area contributed by atoms with E-state index in [4.69, 9.17) is 16.5 Å². The van der Waals surface area contributed by atoms with E-state index in [2.05, 4.69) is 15.6 Å². The van der Waals surface area contributed by atoms with E-state index >= 15 is 0 Å². The summed E-state index contributed by atoms with van der Waals surface area (Å²) in [5.74, 6) is -0.692. The minimum absolute atomic E-state index is 0.0592.